The van der Waals surface area contributed by atoms with E-state index in [1.165, 1.54) is 6.08 Å². The summed E-state index contributed by atoms with van der Waals surface area (Å²) in [5.41, 5.74) is -1.60. The van der Waals surface area contributed by atoms with E-state index in [2.05, 4.69) is 11.9 Å². The van der Waals surface area contributed by atoms with Crippen molar-refractivity contribution < 1.29 is 18.5 Å². The maximum atomic E-state index is 13.3. The van der Waals surface area contributed by atoms with Gasteiger partial charge in [-0.3, -0.25) is 14.9 Å². The Balaban J connectivity index is 3.11. The third-order valence-corrected chi connectivity index (χ3v) is 1.88. The van der Waals surface area contributed by atoms with Gasteiger partial charge in [0.1, 0.15) is 5.82 Å². The van der Waals surface area contributed by atoms with E-state index in [-0.39, 0.29) is 6.54 Å². The first-order valence-electron chi connectivity index (χ1n) is 4.50. The molecule has 1 N–H and O–H groups in total. The van der Waals surface area contributed by atoms with Gasteiger partial charge in [0.2, 0.25) is 5.82 Å². The number of nitrogens with one attached hydrogen (secondary N) is 1. The SMILES string of the molecule is C=CCNC(=O)c1cc(F)c([N+](=O)[O-])cc1F. The molecule has 1 aromatic carbocycles. The molecule has 17 heavy (non-hydrogen) atoms. The Morgan fingerprint density at radius 3 is 2.65 bits per heavy atom. The van der Waals surface area contributed by atoms with Crippen molar-refractivity contribution in [2.75, 3.05) is 6.54 Å². The second-order valence-corrected chi connectivity index (χ2v) is 3.04. The Hall–Kier alpha value is -2.31. The van der Waals surface area contributed by atoms with Crippen molar-refractivity contribution in [1.82, 2.24) is 5.32 Å². The van der Waals surface area contributed by atoms with Gasteiger partial charge in [-0.2, -0.15) is 4.39 Å². The minimum Gasteiger partial charge on any atom is -0.348 e. The zero-order valence-electron chi connectivity index (χ0n) is 8.57. The van der Waals surface area contributed by atoms with Gasteiger partial charge in [0.15, 0.2) is 0 Å². The highest BCUT2D eigenvalue weighted by Crippen LogP contribution is 2.21. The molecule has 0 aliphatic heterocycles. The van der Waals surface area contributed by atoms with Gasteiger partial charge >= 0.3 is 5.69 Å². The van der Waals surface area contributed by atoms with Crippen molar-refractivity contribution in [2.45, 2.75) is 0 Å². The van der Waals surface area contributed by atoms with Crippen molar-refractivity contribution in [2.24, 2.45) is 0 Å². The van der Waals surface area contributed by atoms with Crippen molar-refractivity contribution in [3.05, 3.63) is 52.1 Å². The molecular weight excluding hydrogens is 234 g/mol. The lowest BCUT2D eigenvalue weighted by atomic mass is 10.1. The molecule has 7 heteroatoms. The van der Waals surface area contributed by atoms with Gasteiger partial charge in [0.25, 0.3) is 5.91 Å². The molecule has 1 aromatic rings. The number of halogens is 2. The molecule has 0 aromatic heterocycles. The summed E-state index contributed by atoms with van der Waals surface area (Å²) in [6.45, 7) is 3.41. The van der Waals surface area contributed by atoms with Crippen LogP contribution in [0.3, 0.4) is 0 Å². The summed E-state index contributed by atoms with van der Waals surface area (Å²) in [6.07, 6.45) is 1.36. The van der Waals surface area contributed by atoms with Crippen LogP contribution in [0, 0.1) is 21.7 Å². The van der Waals surface area contributed by atoms with Crippen LogP contribution in [-0.2, 0) is 0 Å². The van der Waals surface area contributed by atoms with Crippen LogP contribution >= 0.6 is 0 Å². The Morgan fingerprint density at radius 1 is 1.47 bits per heavy atom. The van der Waals surface area contributed by atoms with Gasteiger partial charge in [-0.05, 0) is 6.07 Å². The molecule has 0 aliphatic rings. The fraction of sp³-hybridized carbons (Fsp3) is 0.100. The summed E-state index contributed by atoms with van der Waals surface area (Å²) in [6, 6.07) is 0.865. The number of hydrogen-bond donors (Lipinski definition) is 1. The number of rotatable bonds is 4. The van der Waals surface area contributed by atoms with Crippen LogP contribution in [-0.4, -0.2) is 17.4 Å². The van der Waals surface area contributed by atoms with Crippen molar-refractivity contribution in [3.8, 4) is 0 Å². The van der Waals surface area contributed by atoms with Crippen LogP contribution in [0.2, 0.25) is 0 Å². The molecule has 0 spiro atoms. The van der Waals surface area contributed by atoms with E-state index >= 15 is 0 Å². The second-order valence-electron chi connectivity index (χ2n) is 3.04. The lowest BCUT2D eigenvalue weighted by Crippen LogP contribution is -2.24. The highest BCUT2D eigenvalue weighted by atomic mass is 19.1. The molecule has 5 nitrogen and oxygen atoms in total. The van der Waals surface area contributed by atoms with Crippen molar-refractivity contribution in [1.29, 1.82) is 0 Å². The third kappa shape index (κ3) is 2.83. The van der Waals surface area contributed by atoms with Crippen molar-refractivity contribution in [3.63, 3.8) is 0 Å². The number of hydrogen-bond acceptors (Lipinski definition) is 3. The maximum Gasteiger partial charge on any atom is 0.307 e. The van der Waals surface area contributed by atoms with E-state index in [0.29, 0.717) is 12.1 Å². The monoisotopic (exact) mass is 242 g/mol. The maximum absolute atomic E-state index is 13.3. The fourth-order valence-electron chi connectivity index (χ4n) is 1.11. The van der Waals surface area contributed by atoms with E-state index in [4.69, 9.17) is 0 Å². The fourth-order valence-corrected chi connectivity index (χ4v) is 1.11. The first kappa shape index (κ1) is 12.8. The number of nitro groups is 1. The third-order valence-electron chi connectivity index (χ3n) is 1.88. The predicted molar refractivity (Wildman–Crippen MR) is 55.5 cm³/mol. The average Bonchev–Trinajstić information content (AvgIpc) is 2.28. The molecule has 0 bridgehead atoms. The highest BCUT2D eigenvalue weighted by Gasteiger charge is 2.21. The minimum atomic E-state index is -1.26. The van der Waals surface area contributed by atoms with Gasteiger partial charge in [-0.1, -0.05) is 6.08 Å². The molecule has 0 heterocycles. The normalized spacial score (nSPS) is 9.76. The first-order valence-corrected chi connectivity index (χ1v) is 4.50. The number of carbonyl (C=O) groups is 1. The molecule has 1 amide bonds. The molecule has 0 aliphatic carbocycles. The van der Waals surface area contributed by atoms with Crippen molar-refractivity contribution >= 4 is 11.6 Å². The Morgan fingerprint density at radius 2 is 2.12 bits per heavy atom. The Labute approximate surface area is 94.9 Å². The summed E-state index contributed by atoms with van der Waals surface area (Å²) in [4.78, 5) is 20.6. The van der Waals surface area contributed by atoms with Crippen LogP contribution in [0.5, 0.6) is 0 Å². The van der Waals surface area contributed by atoms with E-state index in [0.717, 1.165) is 0 Å². The second kappa shape index (κ2) is 5.15. The molecule has 0 radical (unpaired) electrons. The van der Waals surface area contributed by atoms with Gasteiger partial charge < -0.3 is 5.32 Å². The summed E-state index contributed by atoms with van der Waals surface area (Å²) in [5, 5.41) is 12.5. The summed E-state index contributed by atoms with van der Waals surface area (Å²) in [7, 11) is 0. The van der Waals surface area contributed by atoms with Crippen LogP contribution in [0.4, 0.5) is 14.5 Å². The molecule has 1 rings (SSSR count). The zero-order valence-corrected chi connectivity index (χ0v) is 8.57. The average molecular weight is 242 g/mol. The summed E-state index contributed by atoms with van der Waals surface area (Å²) >= 11 is 0. The van der Waals surface area contributed by atoms with Gasteiger partial charge in [0, 0.05) is 6.54 Å². The van der Waals surface area contributed by atoms with E-state index in [1.807, 2.05) is 0 Å². The first-order chi connectivity index (χ1) is 7.97. The number of nitrogens with zero attached hydrogens (tertiary/aromatic N) is 1. The van der Waals surface area contributed by atoms with Crippen LogP contribution in [0.25, 0.3) is 0 Å². The summed E-state index contributed by atoms with van der Waals surface area (Å²) < 4.78 is 26.5. The minimum absolute atomic E-state index is 0.0802. The van der Waals surface area contributed by atoms with Gasteiger partial charge in [-0.25, -0.2) is 4.39 Å². The molecule has 0 fully saturated rings. The van der Waals surface area contributed by atoms with E-state index < -0.39 is 33.7 Å². The molecule has 90 valence electrons. The highest BCUT2D eigenvalue weighted by molar-refractivity contribution is 5.94. The number of carbonyl (C=O) groups excluding carboxylic acids is 1. The topological polar surface area (TPSA) is 72.2 Å². The quantitative estimate of drug-likeness (QED) is 0.497. The number of benzene rings is 1. The van der Waals surface area contributed by atoms with E-state index in [1.54, 1.807) is 0 Å². The molecule has 0 saturated heterocycles. The zero-order chi connectivity index (χ0) is 13.0. The molecule has 0 atom stereocenters. The Kier molecular flexibility index (Phi) is 3.86. The molecule has 0 unspecified atom stereocenters. The van der Waals surface area contributed by atoms with Gasteiger partial charge in [0.05, 0.1) is 16.6 Å². The summed E-state index contributed by atoms with van der Waals surface area (Å²) in [5.74, 6) is -3.28. The van der Waals surface area contributed by atoms with E-state index in [9.17, 15) is 23.7 Å². The van der Waals surface area contributed by atoms with Gasteiger partial charge in [-0.15, -0.1) is 6.58 Å². The lowest BCUT2D eigenvalue weighted by Gasteiger charge is -2.04. The Bertz CT molecular complexity index is 489. The standard InChI is InChI=1S/C10H8F2N2O3/c1-2-3-13-10(15)6-4-8(12)9(14(16)17)5-7(6)11/h2,4-5H,1,3H2,(H,13,15). The molecule has 0 saturated carbocycles. The number of nitro benzene ring substituents is 1. The predicted octanol–water partition coefficient (Wildman–Crippen LogP) is 1.79. The molecular formula is C10H8F2N2O3. The lowest BCUT2D eigenvalue weighted by molar-refractivity contribution is -0.387. The van der Waals surface area contributed by atoms with Crippen LogP contribution < -0.4 is 5.32 Å². The van der Waals surface area contributed by atoms with Crippen LogP contribution in [0.15, 0.2) is 24.8 Å². The largest absolute Gasteiger partial charge is 0.348 e. The van der Waals surface area contributed by atoms with Crippen LogP contribution in [0.1, 0.15) is 10.4 Å². The number of amides is 1. The smallest absolute Gasteiger partial charge is 0.307 e.